The second-order valence-corrected chi connectivity index (χ2v) is 6.63. The number of amides is 1. The molecule has 1 fully saturated rings. The van der Waals surface area contributed by atoms with E-state index in [0.29, 0.717) is 29.8 Å². The van der Waals surface area contributed by atoms with E-state index in [4.69, 9.17) is 16.3 Å². The lowest BCUT2D eigenvalue weighted by Gasteiger charge is -2.25. The van der Waals surface area contributed by atoms with Crippen molar-refractivity contribution in [3.63, 3.8) is 0 Å². The first-order valence-corrected chi connectivity index (χ1v) is 8.28. The second kappa shape index (κ2) is 5.98. The highest BCUT2D eigenvalue weighted by molar-refractivity contribution is 6.30. The molecule has 2 aliphatic rings. The minimum Gasteiger partial charge on any atom is -0.365 e. The number of benzene rings is 1. The topological polar surface area (TPSA) is 56.2 Å². The van der Waals surface area contributed by atoms with Gasteiger partial charge in [-0.3, -0.25) is 4.79 Å². The average Bonchev–Trinajstić information content (AvgIpc) is 3.30. The molecule has 1 amide bonds. The minimum absolute atomic E-state index is 0.0451. The highest BCUT2D eigenvalue weighted by atomic mass is 35.5. The van der Waals surface area contributed by atoms with Crippen molar-refractivity contribution in [2.45, 2.75) is 32.1 Å². The van der Waals surface area contributed by atoms with E-state index in [-0.39, 0.29) is 12.0 Å². The monoisotopic (exact) mass is 331 g/mol. The summed E-state index contributed by atoms with van der Waals surface area (Å²) in [7, 11) is 0. The molecule has 4 rings (SSSR count). The maximum Gasteiger partial charge on any atom is 0.271 e. The quantitative estimate of drug-likeness (QED) is 0.937. The van der Waals surface area contributed by atoms with Crippen LogP contribution in [0.2, 0.25) is 5.02 Å². The van der Waals surface area contributed by atoms with Crippen LogP contribution >= 0.6 is 11.6 Å². The number of nitrogens with one attached hydrogen (secondary N) is 1. The predicted molar refractivity (Wildman–Crippen MR) is 86.3 cm³/mol. The molecule has 1 aromatic carbocycles. The van der Waals surface area contributed by atoms with Gasteiger partial charge in [0.1, 0.15) is 6.10 Å². The van der Waals surface area contributed by atoms with Gasteiger partial charge < -0.3 is 14.6 Å². The first-order valence-electron chi connectivity index (χ1n) is 7.90. The van der Waals surface area contributed by atoms with Gasteiger partial charge in [-0.05, 0) is 36.5 Å². The maximum atomic E-state index is 12.2. The van der Waals surface area contributed by atoms with Crippen LogP contribution < -0.4 is 5.32 Å². The van der Waals surface area contributed by atoms with Gasteiger partial charge >= 0.3 is 0 Å². The van der Waals surface area contributed by atoms with Gasteiger partial charge in [0, 0.05) is 11.6 Å². The predicted octanol–water partition coefficient (Wildman–Crippen LogP) is 2.95. The van der Waals surface area contributed by atoms with Crippen LogP contribution in [0.15, 0.2) is 30.6 Å². The molecule has 1 aliphatic heterocycles. The number of fused-ring (bicyclic) bond motifs is 1. The van der Waals surface area contributed by atoms with Crippen LogP contribution in [0.25, 0.3) is 0 Å². The Morgan fingerprint density at radius 2 is 2.13 bits per heavy atom. The van der Waals surface area contributed by atoms with Crippen LogP contribution in [0.5, 0.6) is 0 Å². The van der Waals surface area contributed by atoms with E-state index in [0.717, 1.165) is 17.8 Å². The van der Waals surface area contributed by atoms with Crippen molar-refractivity contribution in [3.05, 3.63) is 52.6 Å². The lowest BCUT2D eigenvalue weighted by Crippen LogP contribution is -2.28. The van der Waals surface area contributed by atoms with Gasteiger partial charge in [0.05, 0.1) is 25.2 Å². The third kappa shape index (κ3) is 3.12. The smallest absolute Gasteiger partial charge is 0.271 e. The molecule has 1 saturated carbocycles. The molecule has 6 heteroatoms. The van der Waals surface area contributed by atoms with E-state index < -0.39 is 0 Å². The zero-order valence-electron chi connectivity index (χ0n) is 12.7. The number of hydrogen-bond acceptors (Lipinski definition) is 3. The van der Waals surface area contributed by atoms with Gasteiger partial charge in [-0.25, -0.2) is 4.98 Å². The fourth-order valence-corrected chi connectivity index (χ4v) is 2.96. The zero-order chi connectivity index (χ0) is 15.8. The molecule has 1 aliphatic carbocycles. The SMILES string of the molecule is O=C(NCC1CC1)c1ncn2c1CO[C@H](c1ccc(Cl)cc1)C2. The summed E-state index contributed by atoms with van der Waals surface area (Å²) in [5.74, 6) is 0.558. The Bertz CT molecular complexity index is 722. The fraction of sp³-hybridized carbons (Fsp3) is 0.412. The molecule has 1 N–H and O–H groups in total. The number of hydrogen-bond donors (Lipinski definition) is 1. The van der Waals surface area contributed by atoms with Crippen molar-refractivity contribution in [1.29, 1.82) is 0 Å². The molecule has 1 atom stereocenters. The van der Waals surface area contributed by atoms with Crippen molar-refractivity contribution in [1.82, 2.24) is 14.9 Å². The number of ether oxygens (including phenoxy) is 1. The number of nitrogens with zero attached hydrogens (tertiary/aromatic N) is 2. The van der Waals surface area contributed by atoms with Crippen LogP contribution in [0.3, 0.4) is 0 Å². The normalized spacial score (nSPS) is 20.1. The molecule has 5 nitrogen and oxygen atoms in total. The molecule has 1 aromatic heterocycles. The molecule has 0 spiro atoms. The first-order chi connectivity index (χ1) is 11.2. The molecule has 0 bridgehead atoms. The Morgan fingerprint density at radius 3 is 2.87 bits per heavy atom. The Labute approximate surface area is 139 Å². The highest BCUT2D eigenvalue weighted by Gasteiger charge is 2.27. The summed E-state index contributed by atoms with van der Waals surface area (Å²) in [5.41, 5.74) is 2.41. The van der Waals surface area contributed by atoms with Crippen molar-refractivity contribution < 1.29 is 9.53 Å². The third-order valence-corrected chi connectivity index (χ3v) is 4.69. The molecule has 2 heterocycles. The minimum atomic E-state index is -0.0980. The maximum absolute atomic E-state index is 12.2. The van der Waals surface area contributed by atoms with Crippen LogP contribution in [0, 0.1) is 5.92 Å². The first kappa shape index (κ1) is 14.7. The van der Waals surface area contributed by atoms with Gasteiger partial charge in [0.2, 0.25) is 0 Å². The molecular weight excluding hydrogens is 314 g/mol. The van der Waals surface area contributed by atoms with E-state index in [1.54, 1.807) is 6.33 Å². The van der Waals surface area contributed by atoms with Crippen LogP contribution in [0.1, 0.15) is 40.7 Å². The lowest BCUT2D eigenvalue weighted by atomic mass is 10.1. The van der Waals surface area contributed by atoms with Crippen molar-refractivity contribution >= 4 is 17.5 Å². The molecule has 0 radical (unpaired) electrons. The molecule has 0 saturated heterocycles. The van der Waals surface area contributed by atoms with E-state index in [9.17, 15) is 4.79 Å². The summed E-state index contributed by atoms with van der Waals surface area (Å²) in [6, 6.07) is 7.66. The number of rotatable bonds is 4. The van der Waals surface area contributed by atoms with E-state index >= 15 is 0 Å². The van der Waals surface area contributed by atoms with E-state index in [1.807, 2.05) is 28.8 Å². The van der Waals surface area contributed by atoms with Crippen LogP contribution in [-0.2, 0) is 17.9 Å². The van der Waals surface area contributed by atoms with Crippen LogP contribution in [0.4, 0.5) is 0 Å². The molecule has 120 valence electrons. The summed E-state index contributed by atoms with van der Waals surface area (Å²) in [5, 5.41) is 3.67. The summed E-state index contributed by atoms with van der Waals surface area (Å²) in [6.07, 6.45) is 4.12. The molecule has 23 heavy (non-hydrogen) atoms. The van der Waals surface area contributed by atoms with E-state index in [1.165, 1.54) is 12.8 Å². The Kier molecular flexibility index (Phi) is 3.83. The number of carbonyl (C=O) groups is 1. The number of imidazole rings is 1. The Hall–Kier alpha value is -1.85. The second-order valence-electron chi connectivity index (χ2n) is 6.20. The zero-order valence-corrected chi connectivity index (χ0v) is 13.4. The highest BCUT2D eigenvalue weighted by Crippen LogP contribution is 2.29. The van der Waals surface area contributed by atoms with Gasteiger partial charge in [-0.15, -0.1) is 0 Å². The number of halogens is 1. The summed E-state index contributed by atoms with van der Waals surface area (Å²) >= 11 is 5.93. The molecule has 0 unspecified atom stereocenters. The van der Waals surface area contributed by atoms with E-state index in [2.05, 4.69) is 10.3 Å². The fourth-order valence-electron chi connectivity index (χ4n) is 2.84. The lowest BCUT2D eigenvalue weighted by molar-refractivity contribution is 0.00258. The van der Waals surface area contributed by atoms with Gasteiger partial charge in [0.15, 0.2) is 5.69 Å². The summed E-state index contributed by atoms with van der Waals surface area (Å²) in [6.45, 7) is 1.79. The van der Waals surface area contributed by atoms with Gasteiger partial charge in [-0.1, -0.05) is 23.7 Å². The van der Waals surface area contributed by atoms with Crippen molar-refractivity contribution in [2.24, 2.45) is 5.92 Å². The number of aromatic nitrogens is 2. The number of carbonyl (C=O) groups excluding carboxylic acids is 1. The standard InChI is InChI=1S/C17H18ClN3O2/c18-13-5-3-12(4-6-13)15-8-21-10-20-16(14(21)9-23-15)17(22)19-7-11-1-2-11/h3-6,10-11,15H,1-2,7-9H2,(H,19,22)/t15-/m0/s1. The molecular formula is C17H18ClN3O2. The van der Waals surface area contributed by atoms with Crippen molar-refractivity contribution in [2.75, 3.05) is 6.54 Å². The summed E-state index contributed by atoms with van der Waals surface area (Å²) in [4.78, 5) is 16.5. The average molecular weight is 332 g/mol. The third-order valence-electron chi connectivity index (χ3n) is 4.44. The molecule has 2 aromatic rings. The largest absolute Gasteiger partial charge is 0.365 e. The van der Waals surface area contributed by atoms with Gasteiger partial charge in [-0.2, -0.15) is 0 Å². The van der Waals surface area contributed by atoms with Crippen LogP contribution in [-0.4, -0.2) is 22.0 Å². The van der Waals surface area contributed by atoms with Crippen molar-refractivity contribution in [3.8, 4) is 0 Å². The summed E-state index contributed by atoms with van der Waals surface area (Å²) < 4.78 is 7.94. The van der Waals surface area contributed by atoms with Gasteiger partial charge in [0.25, 0.3) is 5.91 Å². The Balaban J connectivity index is 1.47. The Morgan fingerprint density at radius 1 is 1.35 bits per heavy atom.